The van der Waals surface area contributed by atoms with Crippen LogP contribution in [0.4, 0.5) is 0 Å². The summed E-state index contributed by atoms with van der Waals surface area (Å²) in [5.41, 5.74) is 0. The molecule has 1 N–H and O–H groups in total. The summed E-state index contributed by atoms with van der Waals surface area (Å²) in [5.74, 6) is 1.17. The average molecular weight is 213 g/mol. The highest BCUT2D eigenvalue weighted by Gasteiger charge is 2.20. The van der Waals surface area contributed by atoms with Crippen LogP contribution in [0.2, 0.25) is 0 Å². The van der Waals surface area contributed by atoms with Crippen LogP contribution in [0.3, 0.4) is 0 Å². The van der Waals surface area contributed by atoms with Crippen LogP contribution in [-0.2, 0) is 0 Å². The van der Waals surface area contributed by atoms with E-state index in [1.54, 1.807) is 0 Å². The first-order valence-electron chi connectivity index (χ1n) is 5.40. The summed E-state index contributed by atoms with van der Waals surface area (Å²) in [6.07, 6.45) is 2.44. The molecule has 2 fully saturated rings. The molecule has 0 aromatic rings. The van der Waals surface area contributed by atoms with Gasteiger partial charge in [0.25, 0.3) is 0 Å². The number of nitrogens with zero attached hydrogens (tertiary/aromatic N) is 2. The smallest absolute Gasteiger partial charge is 0.157 e. The zero-order valence-electron chi connectivity index (χ0n) is 8.99. The molecule has 2 aliphatic rings. The van der Waals surface area contributed by atoms with Crippen LogP contribution in [0.25, 0.3) is 0 Å². The second kappa shape index (κ2) is 4.53. The van der Waals surface area contributed by atoms with Crippen LogP contribution in [0.1, 0.15) is 19.8 Å². The van der Waals surface area contributed by atoms with E-state index in [1.165, 1.54) is 36.9 Å². The van der Waals surface area contributed by atoms with E-state index in [0.29, 0.717) is 12.1 Å². The molecule has 0 bridgehead atoms. The molecule has 0 amide bonds. The van der Waals surface area contributed by atoms with Crippen molar-refractivity contribution < 1.29 is 0 Å². The number of piperidine rings is 1. The molecule has 0 spiro atoms. The molecule has 0 aliphatic carbocycles. The number of aliphatic imine (C=N–C) groups is 1. The largest absolute Gasteiger partial charge is 0.362 e. The highest BCUT2D eigenvalue weighted by atomic mass is 32.2. The first-order chi connectivity index (χ1) is 6.74. The predicted molar refractivity (Wildman–Crippen MR) is 63.0 cm³/mol. The van der Waals surface area contributed by atoms with E-state index in [-0.39, 0.29) is 0 Å². The standard InChI is InChI=1S/C10H19N3S/c1-8-7-14-10(11-8)12-9-3-5-13(2)6-4-9/h8-9H,3-7H2,1-2H3,(H,11,12). The van der Waals surface area contributed by atoms with Gasteiger partial charge in [-0.1, -0.05) is 11.8 Å². The molecule has 1 unspecified atom stereocenters. The lowest BCUT2D eigenvalue weighted by atomic mass is 10.1. The Morgan fingerprint density at radius 1 is 1.43 bits per heavy atom. The molecule has 2 heterocycles. The number of amidine groups is 1. The molecular weight excluding hydrogens is 194 g/mol. The molecule has 2 rings (SSSR count). The Kier molecular flexibility index (Phi) is 3.34. The Labute approximate surface area is 90.3 Å². The summed E-state index contributed by atoms with van der Waals surface area (Å²) in [7, 11) is 2.19. The summed E-state index contributed by atoms with van der Waals surface area (Å²) in [6, 6.07) is 1.16. The maximum atomic E-state index is 4.76. The summed E-state index contributed by atoms with van der Waals surface area (Å²) < 4.78 is 0. The van der Waals surface area contributed by atoms with Gasteiger partial charge in [-0.3, -0.25) is 4.99 Å². The van der Waals surface area contributed by atoms with Crippen molar-refractivity contribution in [3.8, 4) is 0 Å². The fraction of sp³-hybridized carbons (Fsp3) is 0.900. The van der Waals surface area contributed by atoms with Gasteiger partial charge in [-0.25, -0.2) is 0 Å². The molecule has 0 saturated carbocycles. The Bertz CT molecular complexity index is 221. The molecule has 14 heavy (non-hydrogen) atoms. The van der Waals surface area contributed by atoms with Crippen molar-refractivity contribution in [2.24, 2.45) is 4.99 Å². The third-order valence-electron chi connectivity index (χ3n) is 2.83. The van der Waals surface area contributed by atoms with Gasteiger partial charge in [0.1, 0.15) is 0 Å². The predicted octanol–water partition coefficient (Wildman–Crippen LogP) is 1.16. The van der Waals surface area contributed by atoms with E-state index in [4.69, 9.17) is 4.99 Å². The maximum absolute atomic E-state index is 4.76. The molecule has 1 atom stereocenters. The van der Waals surface area contributed by atoms with Crippen LogP contribution >= 0.6 is 11.8 Å². The van der Waals surface area contributed by atoms with E-state index in [9.17, 15) is 0 Å². The number of nitrogens with one attached hydrogen (secondary N) is 1. The van der Waals surface area contributed by atoms with Gasteiger partial charge in [0, 0.05) is 11.8 Å². The summed E-state index contributed by atoms with van der Waals surface area (Å²) >= 11 is 1.87. The van der Waals surface area contributed by atoms with E-state index < -0.39 is 0 Å². The van der Waals surface area contributed by atoms with Crippen LogP contribution in [0, 0.1) is 0 Å². The SMILES string of the molecule is CC1CSC(=NC2CCN(C)CC2)N1. The van der Waals surface area contributed by atoms with E-state index in [0.717, 1.165) is 0 Å². The quantitative estimate of drug-likeness (QED) is 0.708. The number of likely N-dealkylation sites (tertiary alicyclic amines) is 1. The molecule has 4 heteroatoms. The minimum Gasteiger partial charge on any atom is -0.362 e. The summed E-state index contributed by atoms with van der Waals surface area (Å²) in [6.45, 7) is 4.60. The van der Waals surface area contributed by atoms with Crippen molar-refractivity contribution >= 4 is 16.9 Å². The van der Waals surface area contributed by atoms with Gasteiger partial charge in [-0.2, -0.15) is 0 Å². The Hall–Kier alpha value is -0.220. The molecule has 0 radical (unpaired) electrons. The lowest BCUT2D eigenvalue weighted by Gasteiger charge is -2.26. The van der Waals surface area contributed by atoms with E-state index in [1.807, 2.05) is 11.8 Å². The zero-order valence-corrected chi connectivity index (χ0v) is 9.81. The molecule has 2 saturated heterocycles. The van der Waals surface area contributed by atoms with Gasteiger partial charge in [0.2, 0.25) is 0 Å². The van der Waals surface area contributed by atoms with Gasteiger partial charge >= 0.3 is 0 Å². The van der Waals surface area contributed by atoms with Crippen molar-refractivity contribution in [2.75, 3.05) is 25.9 Å². The topological polar surface area (TPSA) is 27.6 Å². The Balaban J connectivity index is 1.85. The second-order valence-electron chi connectivity index (χ2n) is 4.33. The maximum Gasteiger partial charge on any atom is 0.157 e. The highest BCUT2D eigenvalue weighted by molar-refractivity contribution is 8.14. The lowest BCUT2D eigenvalue weighted by Crippen LogP contribution is -2.33. The Morgan fingerprint density at radius 3 is 2.71 bits per heavy atom. The van der Waals surface area contributed by atoms with Crippen LogP contribution < -0.4 is 5.32 Å². The number of hydrogen-bond acceptors (Lipinski definition) is 3. The molecular formula is C10H19N3S. The Morgan fingerprint density at radius 2 is 2.14 bits per heavy atom. The van der Waals surface area contributed by atoms with Crippen molar-refractivity contribution in [3.63, 3.8) is 0 Å². The number of rotatable bonds is 1. The molecule has 3 nitrogen and oxygen atoms in total. The fourth-order valence-corrected chi connectivity index (χ4v) is 2.86. The number of hydrogen-bond donors (Lipinski definition) is 1. The number of thioether (sulfide) groups is 1. The first-order valence-corrected chi connectivity index (χ1v) is 6.38. The average Bonchev–Trinajstić information content (AvgIpc) is 2.56. The zero-order chi connectivity index (χ0) is 9.97. The summed E-state index contributed by atoms with van der Waals surface area (Å²) in [5, 5.41) is 4.58. The molecule has 80 valence electrons. The van der Waals surface area contributed by atoms with Gasteiger partial charge in [0.05, 0.1) is 6.04 Å². The lowest BCUT2D eigenvalue weighted by molar-refractivity contribution is 0.257. The van der Waals surface area contributed by atoms with Gasteiger partial charge in [0.15, 0.2) is 5.17 Å². The van der Waals surface area contributed by atoms with Crippen LogP contribution in [0.5, 0.6) is 0 Å². The van der Waals surface area contributed by atoms with Crippen LogP contribution in [0.15, 0.2) is 4.99 Å². The molecule has 0 aromatic carbocycles. The van der Waals surface area contributed by atoms with E-state index >= 15 is 0 Å². The normalized spacial score (nSPS) is 33.6. The van der Waals surface area contributed by atoms with Gasteiger partial charge < -0.3 is 10.2 Å². The second-order valence-corrected chi connectivity index (χ2v) is 5.33. The van der Waals surface area contributed by atoms with Crippen molar-refractivity contribution in [1.82, 2.24) is 10.2 Å². The van der Waals surface area contributed by atoms with Crippen molar-refractivity contribution in [3.05, 3.63) is 0 Å². The van der Waals surface area contributed by atoms with Gasteiger partial charge in [-0.05, 0) is 39.9 Å². The fourth-order valence-electron chi connectivity index (χ4n) is 1.86. The van der Waals surface area contributed by atoms with Crippen molar-refractivity contribution in [2.45, 2.75) is 31.8 Å². The molecule has 0 aromatic heterocycles. The third-order valence-corrected chi connectivity index (χ3v) is 3.99. The molecule has 2 aliphatic heterocycles. The van der Waals surface area contributed by atoms with Crippen molar-refractivity contribution in [1.29, 1.82) is 0 Å². The monoisotopic (exact) mass is 213 g/mol. The van der Waals surface area contributed by atoms with E-state index in [2.05, 4.69) is 24.2 Å². The minimum atomic E-state index is 0.562. The van der Waals surface area contributed by atoms with Crippen LogP contribution in [-0.4, -0.2) is 48.0 Å². The first kappa shape index (κ1) is 10.3. The van der Waals surface area contributed by atoms with Gasteiger partial charge in [-0.15, -0.1) is 0 Å². The third kappa shape index (κ3) is 2.64. The highest BCUT2D eigenvalue weighted by Crippen LogP contribution is 2.18. The summed E-state index contributed by atoms with van der Waals surface area (Å²) in [4.78, 5) is 7.15. The minimum absolute atomic E-state index is 0.562.